The number of fused-ring (bicyclic) bond motifs is 3. The van der Waals surface area contributed by atoms with E-state index in [1.54, 1.807) is 0 Å². The van der Waals surface area contributed by atoms with Crippen molar-refractivity contribution in [2.45, 2.75) is 38.3 Å². The molecule has 2 N–H and O–H groups in total. The number of piperidine rings is 1. The number of nitrogens with one attached hydrogen (secondary N) is 1. The minimum atomic E-state index is 0.149. The van der Waals surface area contributed by atoms with Gasteiger partial charge < -0.3 is 15.0 Å². The van der Waals surface area contributed by atoms with E-state index >= 15 is 0 Å². The fraction of sp³-hybridized carbons (Fsp3) is 0.526. The Morgan fingerprint density at radius 1 is 1.25 bits per heavy atom. The number of amides is 1. The number of carbonyl (C=O) groups is 1. The number of aliphatic hydroxyl groups excluding tert-OH is 1. The number of rotatable bonds is 3. The van der Waals surface area contributed by atoms with Crippen LogP contribution in [-0.2, 0) is 17.8 Å². The van der Waals surface area contributed by atoms with Crippen molar-refractivity contribution < 1.29 is 9.90 Å². The van der Waals surface area contributed by atoms with E-state index in [0.29, 0.717) is 13.1 Å². The summed E-state index contributed by atoms with van der Waals surface area (Å²) in [4.78, 5) is 20.4. The monoisotopic (exact) mass is 327 g/mol. The normalized spacial score (nSPS) is 21.9. The van der Waals surface area contributed by atoms with E-state index in [1.807, 2.05) is 11.0 Å². The van der Waals surface area contributed by atoms with Crippen LogP contribution in [0.25, 0.3) is 10.9 Å². The van der Waals surface area contributed by atoms with Crippen LogP contribution in [0, 0.1) is 0 Å². The lowest BCUT2D eigenvalue weighted by molar-refractivity contribution is -0.134. The first-order chi connectivity index (χ1) is 11.8. The minimum absolute atomic E-state index is 0.149. The topological polar surface area (TPSA) is 59.6 Å². The molecule has 1 aromatic heterocycles. The summed E-state index contributed by atoms with van der Waals surface area (Å²) in [6.07, 6.45) is 4.16. The number of H-pyrrole nitrogens is 1. The number of aromatic nitrogens is 1. The van der Waals surface area contributed by atoms with Crippen LogP contribution in [0.2, 0.25) is 0 Å². The minimum Gasteiger partial charge on any atom is -0.395 e. The van der Waals surface area contributed by atoms with Crippen LogP contribution < -0.4 is 0 Å². The second-order valence-electron chi connectivity index (χ2n) is 7.00. The Bertz CT molecular complexity index is 739. The number of hydrogen-bond acceptors (Lipinski definition) is 3. The van der Waals surface area contributed by atoms with Crippen LogP contribution in [0.1, 0.15) is 30.5 Å². The van der Waals surface area contributed by atoms with Crippen LogP contribution in [0.15, 0.2) is 24.3 Å². The van der Waals surface area contributed by atoms with Crippen molar-refractivity contribution in [2.75, 3.05) is 26.2 Å². The molecule has 1 fully saturated rings. The van der Waals surface area contributed by atoms with Gasteiger partial charge in [0.2, 0.25) is 5.91 Å². The maximum Gasteiger partial charge on any atom is 0.237 e. The largest absolute Gasteiger partial charge is 0.395 e. The molecule has 0 radical (unpaired) electrons. The summed E-state index contributed by atoms with van der Waals surface area (Å²) in [6, 6.07) is 8.47. The average Bonchev–Trinajstić information content (AvgIpc) is 3.00. The molecule has 4 rings (SSSR count). The highest BCUT2D eigenvalue weighted by atomic mass is 16.3. The van der Waals surface area contributed by atoms with Gasteiger partial charge in [-0.15, -0.1) is 0 Å². The van der Waals surface area contributed by atoms with Gasteiger partial charge in [-0.3, -0.25) is 9.69 Å². The Labute approximate surface area is 142 Å². The van der Waals surface area contributed by atoms with Crippen molar-refractivity contribution in [2.24, 2.45) is 0 Å². The van der Waals surface area contributed by atoms with Crippen molar-refractivity contribution >= 4 is 16.8 Å². The third kappa shape index (κ3) is 2.82. The predicted octanol–water partition coefficient (Wildman–Crippen LogP) is 1.90. The highest BCUT2D eigenvalue weighted by molar-refractivity contribution is 5.86. The van der Waals surface area contributed by atoms with Gasteiger partial charge in [0.1, 0.15) is 0 Å². The molecule has 5 heteroatoms. The SMILES string of the molecule is O=C(CN1CCCCC1CO)N1CCc2[nH]c3ccccc3c2C1. The van der Waals surface area contributed by atoms with Crippen LogP contribution in [-0.4, -0.2) is 58.1 Å². The maximum absolute atomic E-state index is 12.8. The quantitative estimate of drug-likeness (QED) is 0.905. The Morgan fingerprint density at radius 2 is 2.12 bits per heavy atom. The molecule has 3 heterocycles. The Hall–Kier alpha value is -1.85. The molecule has 2 aliphatic rings. The van der Waals surface area contributed by atoms with E-state index in [9.17, 15) is 9.90 Å². The summed E-state index contributed by atoms with van der Waals surface area (Å²) in [5, 5.41) is 10.8. The van der Waals surface area contributed by atoms with Gasteiger partial charge in [-0.1, -0.05) is 24.6 Å². The van der Waals surface area contributed by atoms with Gasteiger partial charge in [0.15, 0.2) is 0 Å². The van der Waals surface area contributed by atoms with Gasteiger partial charge in [-0.2, -0.15) is 0 Å². The Morgan fingerprint density at radius 3 is 3.00 bits per heavy atom. The summed E-state index contributed by atoms with van der Waals surface area (Å²) >= 11 is 0. The van der Waals surface area contributed by atoms with E-state index in [0.717, 1.165) is 44.3 Å². The molecule has 0 spiro atoms. The fourth-order valence-corrected chi connectivity index (χ4v) is 4.13. The number of hydrogen-bond donors (Lipinski definition) is 2. The van der Waals surface area contributed by atoms with Gasteiger partial charge in [0.25, 0.3) is 0 Å². The first-order valence-electron chi connectivity index (χ1n) is 8.97. The molecule has 2 aromatic rings. The van der Waals surface area contributed by atoms with Crippen LogP contribution in [0.3, 0.4) is 0 Å². The Kier molecular flexibility index (Phi) is 4.29. The van der Waals surface area contributed by atoms with Gasteiger partial charge in [-0.25, -0.2) is 0 Å². The second kappa shape index (κ2) is 6.57. The molecule has 128 valence electrons. The number of para-hydroxylation sites is 1. The molecule has 0 aliphatic carbocycles. The standard InChI is InChI=1S/C19H25N3O2/c23-13-14-5-3-4-9-21(14)12-19(24)22-10-8-18-16(11-22)15-6-1-2-7-17(15)20-18/h1-2,6-7,14,20,23H,3-5,8-13H2. The zero-order valence-corrected chi connectivity index (χ0v) is 14.0. The smallest absolute Gasteiger partial charge is 0.237 e. The maximum atomic E-state index is 12.8. The summed E-state index contributed by atoms with van der Waals surface area (Å²) in [7, 11) is 0. The van der Waals surface area contributed by atoms with E-state index in [2.05, 4.69) is 28.1 Å². The van der Waals surface area contributed by atoms with E-state index in [1.165, 1.54) is 16.6 Å². The molecule has 1 aromatic carbocycles. The second-order valence-corrected chi connectivity index (χ2v) is 7.00. The molecular formula is C19H25N3O2. The lowest BCUT2D eigenvalue weighted by atomic mass is 10.0. The van der Waals surface area contributed by atoms with E-state index in [-0.39, 0.29) is 18.6 Å². The average molecular weight is 327 g/mol. The van der Waals surface area contributed by atoms with Crippen LogP contribution >= 0.6 is 0 Å². The van der Waals surface area contributed by atoms with Crippen molar-refractivity contribution in [3.8, 4) is 0 Å². The third-order valence-corrected chi connectivity index (χ3v) is 5.53. The molecule has 2 aliphatic heterocycles. The number of carbonyl (C=O) groups excluding carboxylic acids is 1. The zero-order chi connectivity index (χ0) is 16.5. The van der Waals surface area contributed by atoms with Crippen LogP contribution in [0.4, 0.5) is 0 Å². The first-order valence-corrected chi connectivity index (χ1v) is 8.97. The number of nitrogens with zero attached hydrogens (tertiary/aromatic N) is 2. The molecule has 24 heavy (non-hydrogen) atoms. The number of benzene rings is 1. The van der Waals surface area contributed by atoms with Crippen molar-refractivity contribution in [3.05, 3.63) is 35.5 Å². The van der Waals surface area contributed by atoms with Crippen molar-refractivity contribution in [1.82, 2.24) is 14.8 Å². The highest BCUT2D eigenvalue weighted by Gasteiger charge is 2.28. The lowest BCUT2D eigenvalue weighted by Gasteiger charge is -2.36. The summed E-state index contributed by atoms with van der Waals surface area (Å²) in [6.45, 7) is 2.97. The summed E-state index contributed by atoms with van der Waals surface area (Å²) < 4.78 is 0. The molecule has 1 saturated heterocycles. The van der Waals surface area contributed by atoms with E-state index < -0.39 is 0 Å². The number of aromatic amines is 1. The Balaban J connectivity index is 1.48. The predicted molar refractivity (Wildman–Crippen MR) is 93.7 cm³/mol. The van der Waals surface area contributed by atoms with Gasteiger partial charge >= 0.3 is 0 Å². The van der Waals surface area contributed by atoms with E-state index in [4.69, 9.17) is 0 Å². The first kappa shape index (κ1) is 15.7. The van der Waals surface area contributed by atoms with Gasteiger partial charge in [0, 0.05) is 47.7 Å². The van der Waals surface area contributed by atoms with Crippen molar-refractivity contribution in [3.63, 3.8) is 0 Å². The van der Waals surface area contributed by atoms with Gasteiger partial charge in [0.05, 0.1) is 13.2 Å². The molecule has 5 nitrogen and oxygen atoms in total. The number of aliphatic hydroxyl groups is 1. The number of likely N-dealkylation sites (tertiary alicyclic amines) is 1. The molecule has 0 saturated carbocycles. The third-order valence-electron chi connectivity index (χ3n) is 5.53. The van der Waals surface area contributed by atoms with Crippen LogP contribution in [0.5, 0.6) is 0 Å². The summed E-state index contributed by atoms with van der Waals surface area (Å²) in [5.41, 5.74) is 3.70. The van der Waals surface area contributed by atoms with Crippen molar-refractivity contribution in [1.29, 1.82) is 0 Å². The molecule has 1 atom stereocenters. The van der Waals surface area contributed by atoms with Gasteiger partial charge in [-0.05, 0) is 25.5 Å². The summed E-state index contributed by atoms with van der Waals surface area (Å²) in [5.74, 6) is 0.186. The molecular weight excluding hydrogens is 302 g/mol. The zero-order valence-electron chi connectivity index (χ0n) is 14.0. The fourth-order valence-electron chi connectivity index (χ4n) is 4.13. The molecule has 1 unspecified atom stereocenters. The molecule has 1 amide bonds. The lowest BCUT2D eigenvalue weighted by Crippen LogP contribution is -2.48. The molecule has 0 bridgehead atoms. The highest BCUT2D eigenvalue weighted by Crippen LogP contribution is 2.28.